The normalized spacial score (nSPS) is 14.0. The zero-order valence-electron chi connectivity index (χ0n) is 16.0. The molecule has 0 heterocycles. The quantitative estimate of drug-likeness (QED) is 0.631. The Bertz CT molecular complexity index is 938. The molecule has 1 aliphatic carbocycles. The van der Waals surface area contributed by atoms with Gasteiger partial charge in [0.1, 0.15) is 6.54 Å². The van der Waals surface area contributed by atoms with E-state index in [1.54, 1.807) is 29.2 Å². The Morgan fingerprint density at radius 2 is 1.77 bits per heavy atom. The molecule has 1 fully saturated rings. The van der Waals surface area contributed by atoms with Crippen LogP contribution in [-0.4, -0.2) is 35.5 Å². The van der Waals surface area contributed by atoms with Gasteiger partial charge in [-0.1, -0.05) is 41.9 Å². The first-order valence-corrected chi connectivity index (χ1v) is 9.78. The fraction of sp³-hybridized carbons (Fsp3) is 0.273. The molecule has 1 aliphatic rings. The Morgan fingerprint density at radius 3 is 2.37 bits per heavy atom. The maximum atomic E-state index is 12.7. The first-order chi connectivity index (χ1) is 14.2. The summed E-state index contributed by atoms with van der Waals surface area (Å²) in [6.45, 7) is -1.03. The van der Waals surface area contributed by atoms with Crippen LogP contribution in [0, 0.1) is 0 Å². The third kappa shape index (κ3) is 6.35. The van der Waals surface area contributed by atoms with E-state index in [1.807, 2.05) is 23.5 Å². The highest BCUT2D eigenvalue weighted by Gasteiger charge is 2.31. The van der Waals surface area contributed by atoms with Crippen molar-refractivity contribution in [1.29, 1.82) is 0 Å². The minimum Gasteiger partial charge on any atom is -0.343 e. The molecule has 8 heteroatoms. The molecule has 0 spiro atoms. The molecule has 2 amide bonds. The van der Waals surface area contributed by atoms with E-state index >= 15 is 0 Å². The van der Waals surface area contributed by atoms with Gasteiger partial charge in [0.15, 0.2) is 0 Å². The van der Waals surface area contributed by atoms with Gasteiger partial charge in [0, 0.05) is 29.2 Å². The number of halogens is 4. The van der Waals surface area contributed by atoms with Crippen molar-refractivity contribution < 1.29 is 22.8 Å². The van der Waals surface area contributed by atoms with Crippen LogP contribution in [0.2, 0.25) is 5.02 Å². The van der Waals surface area contributed by atoms with Crippen molar-refractivity contribution in [3.8, 4) is 0 Å². The van der Waals surface area contributed by atoms with Crippen LogP contribution in [0.15, 0.2) is 54.6 Å². The van der Waals surface area contributed by atoms with Crippen LogP contribution in [0.3, 0.4) is 0 Å². The Hall–Kier alpha value is -2.80. The Kier molecular flexibility index (Phi) is 6.82. The summed E-state index contributed by atoms with van der Waals surface area (Å²) in [6, 6.07) is 13.6. The second-order valence-electron chi connectivity index (χ2n) is 7.05. The van der Waals surface area contributed by atoms with Gasteiger partial charge in [-0.15, -0.1) is 0 Å². The summed E-state index contributed by atoms with van der Waals surface area (Å²) in [6.07, 6.45) is 0.540. The number of amides is 2. The molecule has 30 heavy (non-hydrogen) atoms. The molecule has 0 aliphatic heterocycles. The maximum absolute atomic E-state index is 12.7. The number of hydrogen-bond acceptors (Lipinski definition) is 2. The van der Waals surface area contributed by atoms with Crippen molar-refractivity contribution >= 4 is 29.5 Å². The summed E-state index contributed by atoms with van der Waals surface area (Å²) in [7, 11) is 0. The molecule has 4 nitrogen and oxygen atoms in total. The van der Waals surface area contributed by atoms with Crippen molar-refractivity contribution in [2.75, 3.05) is 6.54 Å². The number of rotatable bonds is 7. The minimum absolute atomic E-state index is 0.130. The lowest BCUT2D eigenvalue weighted by molar-refractivity contribution is -0.127. The molecule has 1 saturated carbocycles. The molecule has 2 aromatic carbocycles. The van der Waals surface area contributed by atoms with E-state index in [-0.39, 0.29) is 17.5 Å². The zero-order valence-corrected chi connectivity index (χ0v) is 16.7. The van der Waals surface area contributed by atoms with E-state index in [9.17, 15) is 22.8 Å². The second-order valence-corrected chi connectivity index (χ2v) is 7.45. The molecule has 3 rings (SSSR count). The standard InChI is InChI=1S/C22H20ClF3N2O2/c23-19-4-2-1-3-16(19)9-12-20(29)28(18-10-11-18)13-15-5-7-17(8-6-15)21(30)27-14-22(24,25)26/h1-9,12,18H,10-11,13-14H2,(H,27,30)/b12-9+. The number of hydrogen-bond donors (Lipinski definition) is 1. The average Bonchev–Trinajstić information content (AvgIpc) is 3.54. The van der Waals surface area contributed by atoms with Crippen molar-refractivity contribution in [2.45, 2.75) is 31.6 Å². The first kappa shape index (κ1) is 21.9. The van der Waals surface area contributed by atoms with E-state index in [2.05, 4.69) is 0 Å². The van der Waals surface area contributed by atoms with E-state index in [0.717, 1.165) is 24.0 Å². The summed E-state index contributed by atoms with van der Waals surface area (Å²) in [5, 5.41) is 2.39. The number of carbonyl (C=O) groups is 2. The topological polar surface area (TPSA) is 49.4 Å². The van der Waals surface area contributed by atoms with Crippen molar-refractivity contribution in [3.05, 3.63) is 76.3 Å². The highest BCUT2D eigenvalue weighted by molar-refractivity contribution is 6.32. The predicted octanol–water partition coefficient (Wildman–Crippen LogP) is 4.84. The van der Waals surface area contributed by atoms with Gasteiger partial charge >= 0.3 is 6.18 Å². The third-order valence-electron chi connectivity index (χ3n) is 4.60. The van der Waals surface area contributed by atoms with Crippen LogP contribution in [0.5, 0.6) is 0 Å². The van der Waals surface area contributed by atoms with Crippen LogP contribution in [0.25, 0.3) is 6.08 Å². The summed E-state index contributed by atoms with van der Waals surface area (Å²) in [5.74, 6) is -0.943. The maximum Gasteiger partial charge on any atom is 0.405 e. The van der Waals surface area contributed by atoms with E-state index in [0.29, 0.717) is 11.6 Å². The smallest absolute Gasteiger partial charge is 0.343 e. The van der Waals surface area contributed by atoms with Gasteiger partial charge in [-0.3, -0.25) is 9.59 Å². The van der Waals surface area contributed by atoms with Crippen molar-refractivity contribution in [2.24, 2.45) is 0 Å². The molecule has 1 N–H and O–H groups in total. The highest BCUT2D eigenvalue weighted by atomic mass is 35.5. The number of nitrogens with one attached hydrogen (secondary N) is 1. The van der Waals surface area contributed by atoms with Gasteiger partial charge in [-0.05, 0) is 48.2 Å². The summed E-state index contributed by atoms with van der Waals surface area (Å²) in [4.78, 5) is 26.2. The lowest BCUT2D eigenvalue weighted by atomic mass is 10.1. The van der Waals surface area contributed by atoms with E-state index in [1.165, 1.54) is 18.2 Å². The molecule has 158 valence electrons. The van der Waals surface area contributed by atoms with Crippen LogP contribution in [-0.2, 0) is 11.3 Å². The molecule has 2 aromatic rings. The van der Waals surface area contributed by atoms with Crippen LogP contribution < -0.4 is 5.32 Å². The zero-order chi connectivity index (χ0) is 21.7. The van der Waals surface area contributed by atoms with Gasteiger partial charge < -0.3 is 10.2 Å². The number of carbonyl (C=O) groups excluding carboxylic acids is 2. The van der Waals surface area contributed by atoms with Gasteiger partial charge in [0.25, 0.3) is 5.91 Å². The molecule has 0 atom stereocenters. The summed E-state index contributed by atoms with van der Waals surface area (Å²) >= 11 is 6.11. The summed E-state index contributed by atoms with van der Waals surface area (Å²) in [5.41, 5.74) is 1.66. The van der Waals surface area contributed by atoms with Gasteiger partial charge in [-0.2, -0.15) is 13.2 Å². The average molecular weight is 437 g/mol. The van der Waals surface area contributed by atoms with E-state index in [4.69, 9.17) is 11.6 Å². The molecule has 0 aromatic heterocycles. The third-order valence-corrected chi connectivity index (χ3v) is 4.94. The number of nitrogens with zero attached hydrogens (tertiary/aromatic N) is 1. The second kappa shape index (κ2) is 9.34. The summed E-state index contributed by atoms with van der Waals surface area (Å²) < 4.78 is 36.7. The van der Waals surface area contributed by atoms with Crippen LogP contribution >= 0.6 is 11.6 Å². The van der Waals surface area contributed by atoms with Gasteiger partial charge in [0.2, 0.25) is 5.91 Å². The van der Waals surface area contributed by atoms with Crippen LogP contribution in [0.4, 0.5) is 13.2 Å². The molecular formula is C22H20ClF3N2O2. The van der Waals surface area contributed by atoms with Crippen molar-refractivity contribution in [3.63, 3.8) is 0 Å². The first-order valence-electron chi connectivity index (χ1n) is 9.40. The van der Waals surface area contributed by atoms with Crippen LogP contribution in [0.1, 0.15) is 34.3 Å². The lowest BCUT2D eigenvalue weighted by Gasteiger charge is -2.21. The fourth-order valence-corrected chi connectivity index (χ4v) is 3.08. The Labute approximate surface area is 177 Å². The lowest BCUT2D eigenvalue weighted by Crippen LogP contribution is -2.33. The molecule has 0 bridgehead atoms. The highest BCUT2D eigenvalue weighted by Crippen LogP contribution is 2.29. The van der Waals surface area contributed by atoms with Crippen molar-refractivity contribution in [1.82, 2.24) is 10.2 Å². The fourth-order valence-electron chi connectivity index (χ4n) is 2.88. The van der Waals surface area contributed by atoms with E-state index < -0.39 is 18.6 Å². The Morgan fingerprint density at radius 1 is 1.10 bits per heavy atom. The largest absolute Gasteiger partial charge is 0.405 e. The monoisotopic (exact) mass is 436 g/mol. The Balaban J connectivity index is 1.63. The molecule has 0 unspecified atom stereocenters. The minimum atomic E-state index is -4.46. The SMILES string of the molecule is O=C(NCC(F)(F)F)c1ccc(CN(C(=O)/C=C/c2ccccc2Cl)C2CC2)cc1. The number of alkyl halides is 3. The van der Waals surface area contributed by atoms with Gasteiger partial charge in [-0.25, -0.2) is 0 Å². The molecule has 0 saturated heterocycles. The van der Waals surface area contributed by atoms with Gasteiger partial charge in [0.05, 0.1) is 0 Å². The number of benzene rings is 2. The molecular weight excluding hydrogens is 417 g/mol. The molecule has 0 radical (unpaired) electrons. The predicted molar refractivity (Wildman–Crippen MR) is 109 cm³/mol.